The van der Waals surface area contributed by atoms with Crippen LogP contribution >= 0.6 is 0 Å². The first-order valence-electron chi connectivity index (χ1n) is 8.54. The molecular formula is C18H23N5O2. The maximum atomic E-state index is 12.5. The van der Waals surface area contributed by atoms with E-state index in [0.29, 0.717) is 13.0 Å². The zero-order valence-electron chi connectivity index (χ0n) is 14.6. The molecule has 1 aliphatic rings. The zero-order chi connectivity index (χ0) is 17.8. The molecular weight excluding hydrogens is 318 g/mol. The lowest BCUT2D eigenvalue weighted by molar-refractivity contribution is -0.142. The third kappa shape index (κ3) is 3.87. The van der Waals surface area contributed by atoms with E-state index >= 15 is 0 Å². The van der Waals surface area contributed by atoms with E-state index in [1.54, 1.807) is 27.9 Å². The molecule has 3 rings (SSSR count). The summed E-state index contributed by atoms with van der Waals surface area (Å²) in [6.45, 7) is 2.83. The number of aromatic nitrogens is 3. The molecule has 2 heterocycles. The molecule has 1 fully saturated rings. The van der Waals surface area contributed by atoms with Crippen molar-refractivity contribution in [3.63, 3.8) is 0 Å². The maximum Gasteiger partial charge on any atom is 0.242 e. The summed E-state index contributed by atoms with van der Waals surface area (Å²) < 4.78 is 1.69. The minimum atomic E-state index is -0.0720. The molecule has 132 valence electrons. The van der Waals surface area contributed by atoms with Gasteiger partial charge in [0.2, 0.25) is 11.8 Å². The van der Waals surface area contributed by atoms with Gasteiger partial charge < -0.3 is 9.80 Å². The van der Waals surface area contributed by atoms with Crippen LogP contribution < -0.4 is 0 Å². The first-order chi connectivity index (χ1) is 12.1. The van der Waals surface area contributed by atoms with Crippen LogP contribution in [-0.4, -0.2) is 56.5 Å². The van der Waals surface area contributed by atoms with Crippen LogP contribution in [0.5, 0.6) is 0 Å². The number of nitrogens with zero attached hydrogens (tertiary/aromatic N) is 5. The second-order valence-electron chi connectivity index (χ2n) is 6.38. The minimum Gasteiger partial charge on any atom is -0.337 e. The van der Waals surface area contributed by atoms with Crippen LogP contribution in [0.15, 0.2) is 36.9 Å². The highest BCUT2D eigenvalue weighted by molar-refractivity contribution is 5.85. The average molecular weight is 341 g/mol. The molecule has 2 amide bonds. The molecule has 1 aromatic heterocycles. The largest absolute Gasteiger partial charge is 0.337 e. The van der Waals surface area contributed by atoms with Crippen molar-refractivity contribution in [2.45, 2.75) is 32.2 Å². The molecule has 7 heteroatoms. The van der Waals surface area contributed by atoms with Gasteiger partial charge in [-0.25, -0.2) is 9.67 Å². The van der Waals surface area contributed by atoms with Crippen molar-refractivity contribution < 1.29 is 9.59 Å². The lowest BCUT2D eigenvalue weighted by Gasteiger charge is -2.31. The zero-order valence-corrected chi connectivity index (χ0v) is 14.6. The highest BCUT2D eigenvalue weighted by atomic mass is 16.2. The minimum absolute atomic E-state index is 0.0388. The summed E-state index contributed by atoms with van der Waals surface area (Å²) in [6, 6.07) is 7.80. The van der Waals surface area contributed by atoms with E-state index in [0.717, 1.165) is 24.1 Å². The fourth-order valence-electron chi connectivity index (χ4n) is 2.99. The Bertz CT molecular complexity index is 726. The Hall–Kier alpha value is -2.70. The molecule has 0 N–H and O–H groups in total. The number of rotatable bonds is 5. The molecule has 1 aliphatic heterocycles. The van der Waals surface area contributed by atoms with Crippen molar-refractivity contribution in [3.8, 4) is 5.69 Å². The Morgan fingerprint density at radius 3 is 2.68 bits per heavy atom. The third-order valence-electron chi connectivity index (χ3n) is 4.78. The quantitative estimate of drug-likeness (QED) is 0.831. The van der Waals surface area contributed by atoms with E-state index in [4.69, 9.17) is 0 Å². The van der Waals surface area contributed by atoms with Gasteiger partial charge in [0.15, 0.2) is 0 Å². The number of hydrogen-bond donors (Lipinski definition) is 0. The predicted molar refractivity (Wildman–Crippen MR) is 93.0 cm³/mol. The molecule has 0 aliphatic carbocycles. The number of piperidine rings is 1. The fourth-order valence-corrected chi connectivity index (χ4v) is 2.99. The van der Waals surface area contributed by atoms with Crippen LogP contribution in [0.4, 0.5) is 0 Å². The third-order valence-corrected chi connectivity index (χ3v) is 4.78. The molecule has 2 aromatic rings. The van der Waals surface area contributed by atoms with Gasteiger partial charge in [-0.05, 0) is 37.5 Å². The Morgan fingerprint density at radius 1 is 1.28 bits per heavy atom. The summed E-state index contributed by atoms with van der Waals surface area (Å²) in [5.41, 5.74) is 1.95. The summed E-state index contributed by atoms with van der Waals surface area (Å²) in [4.78, 5) is 31.7. The molecule has 7 nitrogen and oxygen atoms in total. The van der Waals surface area contributed by atoms with Crippen molar-refractivity contribution in [2.24, 2.45) is 0 Å². The van der Waals surface area contributed by atoms with Gasteiger partial charge in [0.05, 0.1) is 18.3 Å². The normalized spacial score (nSPS) is 15.9. The van der Waals surface area contributed by atoms with Gasteiger partial charge >= 0.3 is 0 Å². The molecule has 0 radical (unpaired) electrons. The van der Waals surface area contributed by atoms with E-state index < -0.39 is 0 Å². The second kappa shape index (κ2) is 7.46. The molecule has 1 saturated heterocycles. The van der Waals surface area contributed by atoms with Crippen LogP contribution in [0.2, 0.25) is 0 Å². The number of carbonyl (C=O) groups excluding carboxylic acids is 2. The van der Waals surface area contributed by atoms with Gasteiger partial charge in [-0.3, -0.25) is 9.59 Å². The molecule has 0 bridgehead atoms. The second-order valence-corrected chi connectivity index (χ2v) is 6.38. The predicted octanol–water partition coefficient (Wildman–Crippen LogP) is 1.80. The first-order valence-corrected chi connectivity index (χ1v) is 8.54. The molecule has 0 saturated carbocycles. The average Bonchev–Trinajstić information content (AvgIpc) is 3.17. The van der Waals surface area contributed by atoms with E-state index in [1.807, 2.05) is 31.2 Å². The summed E-state index contributed by atoms with van der Waals surface area (Å²) in [7, 11) is 1.78. The number of hydrogen-bond acceptors (Lipinski definition) is 4. The van der Waals surface area contributed by atoms with Crippen LogP contribution in [-0.2, 0) is 9.59 Å². The van der Waals surface area contributed by atoms with Gasteiger partial charge in [0.1, 0.15) is 12.7 Å². The maximum absolute atomic E-state index is 12.5. The molecule has 1 aromatic carbocycles. The van der Waals surface area contributed by atoms with Crippen molar-refractivity contribution in [3.05, 3.63) is 42.5 Å². The number of benzene rings is 1. The van der Waals surface area contributed by atoms with Crippen molar-refractivity contribution >= 4 is 11.8 Å². The Kier molecular flexibility index (Phi) is 5.11. The van der Waals surface area contributed by atoms with E-state index in [1.165, 1.54) is 6.33 Å². The molecule has 25 heavy (non-hydrogen) atoms. The summed E-state index contributed by atoms with van der Waals surface area (Å²) in [5.74, 6) is 0.0425. The standard InChI is InChI=1S/C18H23N5O2/c1-14(15-6-8-16(9-7-15)23-13-19-12-20-23)21(2)18(25)11-22-10-4-3-5-17(22)24/h6-9,12-14H,3-5,10-11H2,1-2H3. The Balaban J connectivity index is 1.64. The summed E-state index contributed by atoms with van der Waals surface area (Å²) >= 11 is 0. The SMILES string of the molecule is CC(c1ccc(-n2cncn2)cc1)N(C)C(=O)CN1CCCCC1=O. The van der Waals surface area contributed by atoms with Crippen molar-refractivity contribution in [1.82, 2.24) is 24.6 Å². The van der Waals surface area contributed by atoms with E-state index in [2.05, 4.69) is 10.1 Å². The number of amides is 2. The van der Waals surface area contributed by atoms with Crippen molar-refractivity contribution in [1.29, 1.82) is 0 Å². The number of likely N-dealkylation sites (tertiary alicyclic amines) is 1. The summed E-state index contributed by atoms with van der Waals surface area (Å²) in [5, 5.41) is 4.10. The van der Waals surface area contributed by atoms with E-state index in [9.17, 15) is 9.59 Å². The Labute approximate surface area is 147 Å². The molecule has 1 atom stereocenters. The van der Waals surface area contributed by atoms with Crippen LogP contribution in [0.1, 0.15) is 37.8 Å². The van der Waals surface area contributed by atoms with Crippen LogP contribution in [0, 0.1) is 0 Å². The van der Waals surface area contributed by atoms with Gasteiger partial charge in [-0.2, -0.15) is 5.10 Å². The summed E-state index contributed by atoms with van der Waals surface area (Å²) in [6.07, 6.45) is 5.58. The number of likely N-dealkylation sites (N-methyl/N-ethyl adjacent to an activating group) is 1. The van der Waals surface area contributed by atoms with Gasteiger partial charge in [-0.1, -0.05) is 12.1 Å². The number of carbonyl (C=O) groups is 2. The monoisotopic (exact) mass is 341 g/mol. The molecule has 0 spiro atoms. The molecule has 1 unspecified atom stereocenters. The van der Waals surface area contributed by atoms with Crippen molar-refractivity contribution in [2.75, 3.05) is 20.1 Å². The lowest BCUT2D eigenvalue weighted by Crippen LogP contribution is -2.44. The van der Waals surface area contributed by atoms with Gasteiger partial charge in [-0.15, -0.1) is 0 Å². The lowest BCUT2D eigenvalue weighted by atomic mass is 10.1. The topological polar surface area (TPSA) is 71.3 Å². The van der Waals surface area contributed by atoms with Gasteiger partial charge in [0.25, 0.3) is 0 Å². The Morgan fingerprint density at radius 2 is 2.04 bits per heavy atom. The smallest absolute Gasteiger partial charge is 0.242 e. The van der Waals surface area contributed by atoms with E-state index in [-0.39, 0.29) is 24.4 Å². The van der Waals surface area contributed by atoms with Crippen LogP contribution in [0.3, 0.4) is 0 Å². The van der Waals surface area contributed by atoms with Gasteiger partial charge in [0, 0.05) is 20.0 Å². The highest BCUT2D eigenvalue weighted by Crippen LogP contribution is 2.21. The van der Waals surface area contributed by atoms with Crippen LogP contribution in [0.25, 0.3) is 5.69 Å². The first kappa shape index (κ1) is 17.1. The highest BCUT2D eigenvalue weighted by Gasteiger charge is 2.24. The fraction of sp³-hybridized carbons (Fsp3) is 0.444.